The Labute approximate surface area is 191 Å². The van der Waals surface area contributed by atoms with E-state index in [1.807, 2.05) is 11.9 Å². The molecule has 0 aliphatic carbocycles. The SMILES string of the molecule is CC[C@H]1C(C(=O)NN2CCCCC2)=NN(c2ccc(Cl)cc2Cl)[C@H]1c1ccc(F)cc1. The number of anilines is 1. The first-order valence-corrected chi connectivity index (χ1v) is 11.4. The van der Waals surface area contributed by atoms with Crippen LogP contribution in [0.1, 0.15) is 44.2 Å². The summed E-state index contributed by atoms with van der Waals surface area (Å²) in [5.41, 5.74) is 4.99. The lowest BCUT2D eigenvalue weighted by Gasteiger charge is -2.29. The van der Waals surface area contributed by atoms with Gasteiger partial charge in [0.15, 0.2) is 0 Å². The van der Waals surface area contributed by atoms with E-state index in [9.17, 15) is 9.18 Å². The zero-order valence-corrected chi connectivity index (χ0v) is 18.8. The number of nitrogens with one attached hydrogen (secondary N) is 1. The number of hydrogen-bond donors (Lipinski definition) is 1. The Morgan fingerprint density at radius 2 is 1.84 bits per heavy atom. The van der Waals surface area contributed by atoms with Gasteiger partial charge in [-0.25, -0.2) is 9.40 Å². The molecule has 2 aliphatic rings. The highest BCUT2D eigenvalue weighted by Crippen LogP contribution is 2.43. The number of nitrogens with zero attached hydrogens (tertiary/aromatic N) is 3. The smallest absolute Gasteiger partial charge is 0.282 e. The molecule has 2 aromatic carbocycles. The monoisotopic (exact) mass is 462 g/mol. The number of halogens is 3. The molecule has 0 aromatic heterocycles. The van der Waals surface area contributed by atoms with Crippen LogP contribution in [0.4, 0.5) is 10.1 Å². The van der Waals surface area contributed by atoms with Crippen LogP contribution in [0.3, 0.4) is 0 Å². The summed E-state index contributed by atoms with van der Waals surface area (Å²) in [6, 6.07) is 11.2. The summed E-state index contributed by atoms with van der Waals surface area (Å²) in [4.78, 5) is 13.2. The van der Waals surface area contributed by atoms with Crippen LogP contribution < -0.4 is 10.4 Å². The van der Waals surface area contributed by atoms with Gasteiger partial charge in [-0.2, -0.15) is 5.10 Å². The van der Waals surface area contributed by atoms with Crippen molar-refractivity contribution in [2.45, 2.75) is 38.6 Å². The maximum absolute atomic E-state index is 13.6. The molecule has 4 rings (SSSR count). The number of hydrazine groups is 1. The normalized spacial score (nSPS) is 21.8. The Morgan fingerprint density at radius 1 is 1.13 bits per heavy atom. The fourth-order valence-corrected chi connectivity index (χ4v) is 4.81. The van der Waals surface area contributed by atoms with Gasteiger partial charge in [0.05, 0.1) is 16.8 Å². The van der Waals surface area contributed by atoms with E-state index in [0.717, 1.165) is 31.5 Å². The predicted octanol–water partition coefficient (Wildman–Crippen LogP) is 5.59. The molecular formula is C23H25Cl2FN4O. The predicted molar refractivity (Wildman–Crippen MR) is 123 cm³/mol. The van der Waals surface area contributed by atoms with Crippen LogP contribution in [-0.2, 0) is 4.79 Å². The maximum atomic E-state index is 13.6. The highest BCUT2D eigenvalue weighted by atomic mass is 35.5. The molecule has 0 bridgehead atoms. The number of hydrazone groups is 1. The highest BCUT2D eigenvalue weighted by Gasteiger charge is 2.42. The second-order valence-electron chi connectivity index (χ2n) is 7.93. The van der Waals surface area contributed by atoms with Gasteiger partial charge in [-0.05, 0) is 55.2 Å². The number of piperidine rings is 1. The summed E-state index contributed by atoms with van der Waals surface area (Å²) in [5.74, 6) is -0.690. The zero-order chi connectivity index (χ0) is 22.0. The molecule has 2 aliphatic heterocycles. The molecule has 0 unspecified atom stereocenters. The van der Waals surface area contributed by atoms with E-state index in [1.165, 1.54) is 18.6 Å². The standard InChI is InChI=1S/C23H25Cl2FN4O/c1-2-18-21(23(31)28-29-12-4-3-5-13-29)27-30(20-11-8-16(24)14-19(20)25)22(18)15-6-9-17(26)10-7-15/h6-11,14,18,22H,2-5,12-13H2,1H3,(H,28,31)/t18-,22-/m0/s1. The van der Waals surface area contributed by atoms with E-state index in [-0.39, 0.29) is 23.7 Å². The number of carbonyl (C=O) groups excluding carboxylic acids is 1. The minimum atomic E-state index is -0.310. The molecule has 0 spiro atoms. The average Bonchev–Trinajstić information content (AvgIpc) is 3.14. The summed E-state index contributed by atoms with van der Waals surface area (Å²) in [7, 11) is 0. The lowest BCUT2D eigenvalue weighted by atomic mass is 9.87. The molecule has 1 saturated heterocycles. The summed E-state index contributed by atoms with van der Waals surface area (Å²) < 4.78 is 13.6. The van der Waals surface area contributed by atoms with Crippen molar-refractivity contribution in [1.29, 1.82) is 0 Å². The Hall–Kier alpha value is -2.15. The Balaban J connectivity index is 1.71. The molecule has 1 fully saturated rings. The first kappa shape index (κ1) is 22.1. The zero-order valence-electron chi connectivity index (χ0n) is 17.3. The fraction of sp³-hybridized carbons (Fsp3) is 0.391. The van der Waals surface area contributed by atoms with Crippen LogP contribution >= 0.6 is 23.2 Å². The van der Waals surface area contributed by atoms with Crippen LogP contribution in [0, 0.1) is 11.7 Å². The first-order valence-electron chi connectivity index (χ1n) is 10.6. The molecule has 2 heterocycles. The molecule has 0 radical (unpaired) electrons. The Kier molecular flexibility index (Phi) is 6.80. The minimum absolute atomic E-state index is 0.179. The second kappa shape index (κ2) is 9.55. The quantitative estimate of drug-likeness (QED) is 0.629. The molecule has 2 atom stereocenters. The van der Waals surface area contributed by atoms with Gasteiger partial charge < -0.3 is 0 Å². The van der Waals surface area contributed by atoms with E-state index in [1.54, 1.807) is 35.3 Å². The summed E-state index contributed by atoms with van der Waals surface area (Å²) in [6.45, 7) is 3.70. The van der Waals surface area contributed by atoms with Crippen molar-refractivity contribution in [2.24, 2.45) is 11.0 Å². The van der Waals surface area contributed by atoms with E-state index in [2.05, 4.69) is 5.43 Å². The van der Waals surface area contributed by atoms with Gasteiger partial charge in [-0.1, -0.05) is 48.7 Å². The van der Waals surface area contributed by atoms with Crippen LogP contribution in [0.25, 0.3) is 0 Å². The third-order valence-corrected chi connectivity index (χ3v) is 6.41. The van der Waals surface area contributed by atoms with Gasteiger partial charge in [0, 0.05) is 24.0 Å². The number of amides is 1. The number of carbonyl (C=O) groups is 1. The molecule has 1 amide bonds. The molecule has 164 valence electrons. The Morgan fingerprint density at radius 3 is 2.48 bits per heavy atom. The van der Waals surface area contributed by atoms with E-state index in [4.69, 9.17) is 28.3 Å². The highest BCUT2D eigenvalue weighted by molar-refractivity contribution is 6.41. The van der Waals surface area contributed by atoms with Gasteiger partial charge in [0.25, 0.3) is 5.91 Å². The van der Waals surface area contributed by atoms with E-state index < -0.39 is 0 Å². The van der Waals surface area contributed by atoms with Crippen molar-refractivity contribution in [3.63, 3.8) is 0 Å². The van der Waals surface area contributed by atoms with Crippen molar-refractivity contribution < 1.29 is 9.18 Å². The van der Waals surface area contributed by atoms with Crippen molar-refractivity contribution >= 4 is 40.5 Å². The van der Waals surface area contributed by atoms with Gasteiger partial charge in [0.1, 0.15) is 11.5 Å². The Bertz CT molecular complexity index is 976. The minimum Gasteiger partial charge on any atom is -0.284 e. The molecule has 8 heteroatoms. The number of hydrogen-bond acceptors (Lipinski definition) is 4. The molecule has 2 aromatic rings. The largest absolute Gasteiger partial charge is 0.284 e. The number of benzene rings is 2. The fourth-order valence-electron chi connectivity index (χ4n) is 4.31. The molecule has 1 N–H and O–H groups in total. The van der Waals surface area contributed by atoms with Crippen molar-refractivity contribution in [1.82, 2.24) is 10.4 Å². The average molecular weight is 463 g/mol. The van der Waals surface area contributed by atoms with E-state index in [0.29, 0.717) is 27.9 Å². The number of rotatable bonds is 5. The molecule has 0 saturated carbocycles. The lowest BCUT2D eigenvalue weighted by Crippen LogP contribution is -2.48. The van der Waals surface area contributed by atoms with Crippen molar-refractivity contribution in [3.8, 4) is 0 Å². The second-order valence-corrected chi connectivity index (χ2v) is 8.77. The van der Waals surface area contributed by atoms with Gasteiger partial charge in [-0.15, -0.1) is 0 Å². The van der Waals surface area contributed by atoms with Gasteiger partial charge >= 0.3 is 0 Å². The van der Waals surface area contributed by atoms with Gasteiger partial charge in [0.2, 0.25) is 0 Å². The van der Waals surface area contributed by atoms with Crippen molar-refractivity contribution in [3.05, 3.63) is 63.9 Å². The molecule has 5 nitrogen and oxygen atoms in total. The summed E-state index contributed by atoms with van der Waals surface area (Å²) in [6.07, 6.45) is 4.00. The summed E-state index contributed by atoms with van der Waals surface area (Å²) >= 11 is 12.6. The van der Waals surface area contributed by atoms with Crippen LogP contribution in [0.2, 0.25) is 10.0 Å². The first-order chi connectivity index (χ1) is 15.0. The third kappa shape index (κ3) is 4.71. The van der Waals surface area contributed by atoms with Gasteiger partial charge in [-0.3, -0.25) is 15.2 Å². The molecular weight excluding hydrogens is 438 g/mol. The van der Waals surface area contributed by atoms with Crippen LogP contribution in [0.15, 0.2) is 47.6 Å². The third-order valence-electron chi connectivity index (χ3n) is 5.87. The van der Waals surface area contributed by atoms with Crippen LogP contribution in [0.5, 0.6) is 0 Å². The lowest BCUT2D eigenvalue weighted by molar-refractivity contribution is -0.120. The molecule has 31 heavy (non-hydrogen) atoms. The maximum Gasteiger partial charge on any atom is 0.282 e. The topological polar surface area (TPSA) is 47.9 Å². The van der Waals surface area contributed by atoms with E-state index >= 15 is 0 Å². The van der Waals surface area contributed by atoms with Crippen LogP contribution in [-0.4, -0.2) is 29.7 Å². The van der Waals surface area contributed by atoms with Crippen molar-refractivity contribution in [2.75, 3.05) is 18.1 Å². The summed E-state index contributed by atoms with van der Waals surface area (Å²) in [5, 5.41) is 9.43.